The summed E-state index contributed by atoms with van der Waals surface area (Å²) in [6, 6.07) is 6.66. The van der Waals surface area contributed by atoms with Gasteiger partial charge >= 0.3 is 0 Å². The Morgan fingerprint density at radius 3 is 2.85 bits per heavy atom. The zero-order valence-corrected chi connectivity index (χ0v) is 7.89. The first kappa shape index (κ1) is 8.76. The Morgan fingerprint density at radius 2 is 2.23 bits per heavy atom. The first-order chi connectivity index (χ1) is 6.25. The van der Waals surface area contributed by atoms with Gasteiger partial charge in [-0.15, -0.1) is 11.6 Å². The summed E-state index contributed by atoms with van der Waals surface area (Å²) < 4.78 is 12.9. The van der Waals surface area contributed by atoms with Crippen molar-refractivity contribution >= 4 is 17.2 Å². The molecule has 0 nitrogen and oxygen atoms in total. The largest absolute Gasteiger partial charge is 0.207 e. The molecule has 1 aliphatic carbocycles. The first-order valence-corrected chi connectivity index (χ1v) is 4.80. The molecule has 1 aromatic carbocycles. The molecule has 0 aromatic heterocycles. The van der Waals surface area contributed by atoms with Crippen LogP contribution in [-0.4, -0.2) is 5.38 Å². The predicted octanol–water partition coefficient (Wildman–Crippen LogP) is 3.61. The normalized spacial score (nSPS) is 21.7. The van der Waals surface area contributed by atoms with E-state index in [0.717, 1.165) is 18.4 Å². The van der Waals surface area contributed by atoms with Gasteiger partial charge in [-0.2, -0.15) is 0 Å². The van der Waals surface area contributed by atoms with Crippen LogP contribution in [0.2, 0.25) is 0 Å². The van der Waals surface area contributed by atoms with Gasteiger partial charge in [-0.05, 0) is 36.1 Å². The van der Waals surface area contributed by atoms with Crippen LogP contribution in [-0.2, 0) is 0 Å². The van der Waals surface area contributed by atoms with Crippen molar-refractivity contribution in [3.8, 4) is 0 Å². The van der Waals surface area contributed by atoms with Gasteiger partial charge < -0.3 is 0 Å². The third-order valence-electron chi connectivity index (χ3n) is 2.27. The van der Waals surface area contributed by atoms with E-state index in [4.69, 9.17) is 11.6 Å². The molecule has 1 unspecified atom stereocenters. The van der Waals surface area contributed by atoms with E-state index in [1.165, 1.54) is 11.6 Å². The summed E-state index contributed by atoms with van der Waals surface area (Å²) in [5.74, 6) is -0.184. The van der Waals surface area contributed by atoms with Crippen molar-refractivity contribution in [2.75, 3.05) is 0 Å². The minimum absolute atomic E-state index is 0.123. The van der Waals surface area contributed by atoms with E-state index in [9.17, 15) is 4.39 Å². The molecule has 0 aliphatic heterocycles. The molecule has 0 N–H and O–H groups in total. The maximum absolute atomic E-state index is 12.9. The minimum atomic E-state index is -0.184. The SMILES string of the molecule is Fc1cccc(C2=CC(Cl)CC2)c1. The van der Waals surface area contributed by atoms with Crippen LogP contribution in [0, 0.1) is 5.82 Å². The van der Waals surface area contributed by atoms with Gasteiger partial charge in [0.25, 0.3) is 0 Å². The molecule has 13 heavy (non-hydrogen) atoms. The van der Waals surface area contributed by atoms with E-state index >= 15 is 0 Å². The van der Waals surface area contributed by atoms with Gasteiger partial charge in [-0.3, -0.25) is 0 Å². The van der Waals surface area contributed by atoms with E-state index in [-0.39, 0.29) is 11.2 Å². The van der Waals surface area contributed by atoms with Crippen molar-refractivity contribution in [2.45, 2.75) is 18.2 Å². The second-order valence-corrected chi connectivity index (χ2v) is 3.82. The number of rotatable bonds is 1. The predicted molar refractivity (Wildman–Crippen MR) is 53.3 cm³/mol. The number of allylic oxidation sites excluding steroid dienone is 2. The third kappa shape index (κ3) is 1.92. The fraction of sp³-hybridized carbons (Fsp3) is 0.273. The van der Waals surface area contributed by atoms with Crippen LogP contribution in [0.4, 0.5) is 4.39 Å². The monoisotopic (exact) mass is 196 g/mol. The average molecular weight is 197 g/mol. The van der Waals surface area contributed by atoms with Crippen LogP contribution in [0.3, 0.4) is 0 Å². The molecular formula is C11H10ClF. The maximum Gasteiger partial charge on any atom is 0.123 e. The van der Waals surface area contributed by atoms with Crippen molar-refractivity contribution in [3.63, 3.8) is 0 Å². The maximum atomic E-state index is 12.9. The molecule has 1 aromatic rings. The Morgan fingerprint density at radius 1 is 1.38 bits per heavy atom. The lowest BCUT2D eigenvalue weighted by Crippen LogP contribution is -1.81. The van der Waals surface area contributed by atoms with Crippen LogP contribution >= 0.6 is 11.6 Å². The Balaban J connectivity index is 2.31. The molecule has 0 spiro atoms. The molecule has 0 fully saturated rings. The topological polar surface area (TPSA) is 0 Å². The van der Waals surface area contributed by atoms with E-state index in [2.05, 4.69) is 0 Å². The summed E-state index contributed by atoms with van der Waals surface area (Å²) in [6.07, 6.45) is 3.93. The number of hydrogen-bond donors (Lipinski definition) is 0. The van der Waals surface area contributed by atoms with Crippen molar-refractivity contribution < 1.29 is 4.39 Å². The quantitative estimate of drug-likeness (QED) is 0.602. The fourth-order valence-corrected chi connectivity index (χ4v) is 1.87. The van der Waals surface area contributed by atoms with Crippen molar-refractivity contribution in [2.24, 2.45) is 0 Å². The molecule has 0 bridgehead atoms. The second kappa shape index (κ2) is 3.51. The number of alkyl halides is 1. The molecule has 0 saturated carbocycles. The Bertz CT molecular complexity index is 344. The molecule has 2 heteroatoms. The van der Waals surface area contributed by atoms with Gasteiger partial charge in [-0.25, -0.2) is 4.39 Å². The Hall–Kier alpha value is -0.820. The zero-order valence-electron chi connectivity index (χ0n) is 7.13. The smallest absolute Gasteiger partial charge is 0.123 e. The summed E-state index contributed by atoms with van der Waals surface area (Å²) in [5, 5.41) is 0.123. The summed E-state index contributed by atoms with van der Waals surface area (Å²) in [4.78, 5) is 0. The van der Waals surface area contributed by atoms with Crippen LogP contribution in [0.5, 0.6) is 0 Å². The highest BCUT2D eigenvalue weighted by atomic mass is 35.5. The van der Waals surface area contributed by atoms with Gasteiger partial charge in [-0.1, -0.05) is 18.2 Å². The standard InChI is InChI=1S/C11H10ClF/c12-10-5-4-9(6-10)8-2-1-3-11(13)7-8/h1-3,6-7,10H,4-5H2. The van der Waals surface area contributed by atoms with Crippen molar-refractivity contribution in [1.29, 1.82) is 0 Å². The lowest BCUT2D eigenvalue weighted by Gasteiger charge is -2.00. The van der Waals surface area contributed by atoms with E-state index in [1.54, 1.807) is 12.1 Å². The van der Waals surface area contributed by atoms with Gasteiger partial charge in [0.05, 0.1) is 5.38 Å². The number of benzene rings is 1. The minimum Gasteiger partial charge on any atom is -0.207 e. The molecule has 0 radical (unpaired) electrons. The number of hydrogen-bond acceptors (Lipinski definition) is 0. The Kier molecular flexibility index (Phi) is 2.36. The van der Waals surface area contributed by atoms with Crippen molar-refractivity contribution in [1.82, 2.24) is 0 Å². The van der Waals surface area contributed by atoms with E-state index in [0.29, 0.717) is 0 Å². The van der Waals surface area contributed by atoms with Gasteiger partial charge in [0.15, 0.2) is 0 Å². The molecular weight excluding hydrogens is 187 g/mol. The van der Waals surface area contributed by atoms with Crippen LogP contribution in [0.1, 0.15) is 18.4 Å². The molecule has 0 amide bonds. The summed E-state index contributed by atoms with van der Waals surface area (Å²) in [5.41, 5.74) is 2.13. The van der Waals surface area contributed by atoms with Gasteiger partial charge in [0.1, 0.15) is 5.82 Å². The third-order valence-corrected chi connectivity index (χ3v) is 2.61. The second-order valence-electron chi connectivity index (χ2n) is 3.26. The fourth-order valence-electron chi connectivity index (χ4n) is 1.61. The van der Waals surface area contributed by atoms with Gasteiger partial charge in [0.2, 0.25) is 0 Å². The zero-order chi connectivity index (χ0) is 9.26. The lowest BCUT2D eigenvalue weighted by molar-refractivity contribution is 0.627. The molecule has 0 heterocycles. The summed E-state index contributed by atoms with van der Waals surface area (Å²) in [7, 11) is 0. The van der Waals surface area contributed by atoms with Crippen LogP contribution in [0.15, 0.2) is 30.3 Å². The molecule has 68 valence electrons. The Labute approximate surface area is 82.0 Å². The van der Waals surface area contributed by atoms with E-state index < -0.39 is 0 Å². The van der Waals surface area contributed by atoms with Gasteiger partial charge in [0, 0.05) is 0 Å². The average Bonchev–Trinajstić information content (AvgIpc) is 2.52. The first-order valence-electron chi connectivity index (χ1n) is 4.36. The van der Waals surface area contributed by atoms with Crippen LogP contribution in [0.25, 0.3) is 5.57 Å². The van der Waals surface area contributed by atoms with Crippen LogP contribution < -0.4 is 0 Å². The summed E-state index contributed by atoms with van der Waals surface area (Å²) in [6.45, 7) is 0. The molecule has 2 rings (SSSR count). The molecule has 0 saturated heterocycles. The highest BCUT2D eigenvalue weighted by Crippen LogP contribution is 2.30. The highest BCUT2D eigenvalue weighted by molar-refractivity contribution is 6.22. The molecule has 1 aliphatic rings. The lowest BCUT2D eigenvalue weighted by atomic mass is 10.1. The summed E-state index contributed by atoms with van der Waals surface area (Å²) >= 11 is 5.93. The van der Waals surface area contributed by atoms with Crippen molar-refractivity contribution in [3.05, 3.63) is 41.7 Å². The number of halogens is 2. The highest BCUT2D eigenvalue weighted by Gasteiger charge is 2.14. The van der Waals surface area contributed by atoms with E-state index in [1.807, 2.05) is 12.1 Å². The molecule has 1 atom stereocenters.